The molecule has 0 radical (unpaired) electrons. The second-order valence-corrected chi connectivity index (χ2v) is 4.80. The number of methoxy groups -OCH3 is 1. The fraction of sp³-hybridized carbons (Fsp3) is 0.143. The number of aromatic nitrogens is 1. The third kappa shape index (κ3) is 3.12. The molecule has 98 valence electrons. The van der Waals surface area contributed by atoms with Gasteiger partial charge >= 0.3 is 0 Å². The molecule has 0 aliphatic heterocycles. The van der Waals surface area contributed by atoms with E-state index in [1.807, 2.05) is 0 Å². The van der Waals surface area contributed by atoms with E-state index in [-0.39, 0.29) is 17.9 Å². The predicted octanol–water partition coefficient (Wildman–Crippen LogP) is 2.50. The Kier molecular flexibility index (Phi) is 4.16. The number of hydrogen-bond donors (Lipinski definition) is 0. The van der Waals surface area contributed by atoms with Gasteiger partial charge in [0.15, 0.2) is 5.78 Å². The van der Waals surface area contributed by atoms with Crippen LogP contribution in [0.3, 0.4) is 0 Å². The number of ether oxygens (including phenoxy) is 1. The van der Waals surface area contributed by atoms with Gasteiger partial charge < -0.3 is 9.30 Å². The number of hydrogen-bond acceptors (Lipinski definition) is 3. The van der Waals surface area contributed by atoms with Crippen LogP contribution < -0.4 is 10.3 Å². The zero-order valence-corrected chi connectivity index (χ0v) is 11.9. The Morgan fingerprint density at radius 2 is 2.11 bits per heavy atom. The van der Waals surface area contributed by atoms with Crippen LogP contribution in [0.4, 0.5) is 0 Å². The molecule has 1 aromatic heterocycles. The topological polar surface area (TPSA) is 48.3 Å². The lowest BCUT2D eigenvalue weighted by molar-refractivity contribution is 0.0970. The molecule has 2 rings (SSSR count). The first-order valence-corrected chi connectivity index (χ1v) is 6.43. The SMILES string of the molecule is COc1cccc(C(=O)Cn2cccc(Br)c2=O)c1. The molecule has 0 fully saturated rings. The maximum atomic E-state index is 12.1. The summed E-state index contributed by atoms with van der Waals surface area (Å²) in [4.78, 5) is 23.9. The summed E-state index contributed by atoms with van der Waals surface area (Å²) in [5.74, 6) is 0.478. The van der Waals surface area contributed by atoms with Crippen molar-refractivity contribution >= 4 is 21.7 Å². The Morgan fingerprint density at radius 3 is 2.84 bits per heavy atom. The van der Waals surface area contributed by atoms with Gasteiger partial charge in [-0.2, -0.15) is 0 Å². The van der Waals surface area contributed by atoms with Gasteiger partial charge in [0, 0.05) is 11.8 Å². The van der Waals surface area contributed by atoms with Gasteiger partial charge in [0.2, 0.25) is 0 Å². The van der Waals surface area contributed by atoms with Crippen molar-refractivity contribution in [2.75, 3.05) is 7.11 Å². The fourth-order valence-corrected chi connectivity index (χ4v) is 2.05. The maximum absolute atomic E-state index is 12.1. The van der Waals surface area contributed by atoms with Crippen molar-refractivity contribution in [2.24, 2.45) is 0 Å². The van der Waals surface area contributed by atoms with Crippen molar-refractivity contribution < 1.29 is 9.53 Å². The van der Waals surface area contributed by atoms with Gasteiger partial charge in [-0.25, -0.2) is 0 Å². The minimum atomic E-state index is -0.223. The van der Waals surface area contributed by atoms with Crippen molar-refractivity contribution in [1.29, 1.82) is 0 Å². The molecule has 4 nitrogen and oxygen atoms in total. The predicted molar refractivity (Wildman–Crippen MR) is 75.7 cm³/mol. The molecule has 0 aliphatic carbocycles. The maximum Gasteiger partial charge on any atom is 0.265 e. The Labute approximate surface area is 118 Å². The lowest BCUT2D eigenvalue weighted by atomic mass is 10.1. The number of carbonyl (C=O) groups excluding carboxylic acids is 1. The molecule has 19 heavy (non-hydrogen) atoms. The Bertz CT molecular complexity index is 664. The third-order valence-electron chi connectivity index (χ3n) is 2.68. The molecule has 0 unspecified atom stereocenters. The molecule has 0 atom stereocenters. The van der Waals surface area contributed by atoms with E-state index in [0.29, 0.717) is 15.8 Å². The summed E-state index contributed by atoms with van der Waals surface area (Å²) in [7, 11) is 1.54. The van der Waals surface area contributed by atoms with E-state index >= 15 is 0 Å². The molecule has 0 saturated heterocycles. The highest BCUT2D eigenvalue weighted by Gasteiger charge is 2.09. The van der Waals surface area contributed by atoms with Gasteiger partial charge in [0.05, 0.1) is 18.1 Å². The minimum Gasteiger partial charge on any atom is -0.497 e. The number of nitrogens with zero attached hydrogens (tertiary/aromatic N) is 1. The third-order valence-corrected chi connectivity index (χ3v) is 3.28. The average molecular weight is 322 g/mol. The van der Waals surface area contributed by atoms with E-state index in [1.165, 1.54) is 4.57 Å². The standard InChI is InChI=1S/C14H12BrNO3/c1-19-11-5-2-4-10(8-11)13(17)9-16-7-3-6-12(15)14(16)18/h2-8H,9H2,1H3. The first-order chi connectivity index (χ1) is 9.11. The molecule has 0 amide bonds. The fourth-order valence-electron chi connectivity index (χ4n) is 1.67. The van der Waals surface area contributed by atoms with Crippen LogP contribution in [0.5, 0.6) is 5.75 Å². The largest absolute Gasteiger partial charge is 0.497 e. The highest BCUT2D eigenvalue weighted by Crippen LogP contribution is 2.13. The molecule has 0 saturated carbocycles. The number of benzene rings is 1. The zero-order valence-electron chi connectivity index (χ0n) is 10.3. The second kappa shape index (κ2) is 5.84. The smallest absolute Gasteiger partial charge is 0.265 e. The Morgan fingerprint density at radius 1 is 1.32 bits per heavy atom. The van der Waals surface area contributed by atoms with Crippen LogP contribution in [0, 0.1) is 0 Å². The number of pyridine rings is 1. The van der Waals surface area contributed by atoms with Crippen LogP contribution in [0.1, 0.15) is 10.4 Å². The lowest BCUT2D eigenvalue weighted by Gasteiger charge is -2.06. The van der Waals surface area contributed by atoms with Crippen molar-refractivity contribution in [3.05, 3.63) is 63.0 Å². The lowest BCUT2D eigenvalue weighted by Crippen LogP contribution is -2.24. The number of Topliss-reactive ketones (excluding diaryl/α,β-unsaturated/α-hetero) is 1. The highest BCUT2D eigenvalue weighted by atomic mass is 79.9. The highest BCUT2D eigenvalue weighted by molar-refractivity contribution is 9.10. The number of halogens is 1. The summed E-state index contributed by atoms with van der Waals surface area (Å²) in [5.41, 5.74) is 0.296. The average Bonchev–Trinajstić information content (AvgIpc) is 2.44. The van der Waals surface area contributed by atoms with Crippen LogP contribution >= 0.6 is 15.9 Å². The van der Waals surface area contributed by atoms with Crippen LogP contribution in [-0.2, 0) is 6.54 Å². The van der Waals surface area contributed by atoms with Crippen LogP contribution in [0.2, 0.25) is 0 Å². The molecule has 2 aromatic rings. The summed E-state index contributed by atoms with van der Waals surface area (Å²) in [6, 6.07) is 10.2. The van der Waals surface area contributed by atoms with Crippen molar-refractivity contribution in [1.82, 2.24) is 4.57 Å². The zero-order chi connectivity index (χ0) is 13.8. The van der Waals surface area contributed by atoms with Crippen molar-refractivity contribution in [2.45, 2.75) is 6.54 Å². The quantitative estimate of drug-likeness (QED) is 0.813. The first-order valence-electron chi connectivity index (χ1n) is 5.64. The molecule has 1 aromatic carbocycles. The van der Waals surface area contributed by atoms with E-state index in [9.17, 15) is 9.59 Å². The summed E-state index contributed by atoms with van der Waals surface area (Å²) in [6.07, 6.45) is 1.59. The molecule has 0 aliphatic rings. The second-order valence-electron chi connectivity index (χ2n) is 3.94. The monoisotopic (exact) mass is 321 g/mol. The molecule has 0 N–H and O–H groups in total. The molecule has 1 heterocycles. The summed E-state index contributed by atoms with van der Waals surface area (Å²) in [5, 5.41) is 0. The Balaban J connectivity index is 2.25. The number of ketones is 1. The van der Waals surface area contributed by atoms with E-state index < -0.39 is 0 Å². The van der Waals surface area contributed by atoms with Crippen LogP contribution in [-0.4, -0.2) is 17.5 Å². The minimum absolute atomic E-state index is 0.00540. The number of carbonyl (C=O) groups is 1. The van der Waals surface area contributed by atoms with E-state index in [0.717, 1.165) is 0 Å². The summed E-state index contributed by atoms with van der Waals surface area (Å²) >= 11 is 3.15. The van der Waals surface area contributed by atoms with E-state index in [2.05, 4.69) is 15.9 Å². The van der Waals surface area contributed by atoms with Gasteiger partial charge in [-0.05, 0) is 40.2 Å². The van der Waals surface area contributed by atoms with Gasteiger partial charge in [-0.3, -0.25) is 9.59 Å². The van der Waals surface area contributed by atoms with Gasteiger partial charge in [-0.15, -0.1) is 0 Å². The summed E-state index contributed by atoms with van der Waals surface area (Å²) < 4.78 is 6.88. The molecular weight excluding hydrogens is 310 g/mol. The molecule has 0 spiro atoms. The Hall–Kier alpha value is -1.88. The normalized spacial score (nSPS) is 10.2. The number of rotatable bonds is 4. The molecular formula is C14H12BrNO3. The van der Waals surface area contributed by atoms with E-state index in [1.54, 1.807) is 49.7 Å². The van der Waals surface area contributed by atoms with Gasteiger partial charge in [0.25, 0.3) is 5.56 Å². The van der Waals surface area contributed by atoms with Crippen LogP contribution in [0.15, 0.2) is 51.9 Å². The first kappa shape index (κ1) is 13.5. The van der Waals surface area contributed by atoms with Gasteiger partial charge in [0.1, 0.15) is 5.75 Å². The van der Waals surface area contributed by atoms with Crippen molar-refractivity contribution in [3.8, 4) is 5.75 Å². The van der Waals surface area contributed by atoms with Crippen molar-refractivity contribution in [3.63, 3.8) is 0 Å². The van der Waals surface area contributed by atoms with Crippen LogP contribution in [0.25, 0.3) is 0 Å². The summed E-state index contributed by atoms with van der Waals surface area (Å²) in [6.45, 7) is 0.00540. The molecule has 0 bridgehead atoms. The van der Waals surface area contributed by atoms with E-state index in [4.69, 9.17) is 4.74 Å². The molecule has 5 heteroatoms. The van der Waals surface area contributed by atoms with Gasteiger partial charge in [-0.1, -0.05) is 12.1 Å².